The van der Waals surface area contributed by atoms with E-state index in [1.54, 1.807) is 0 Å². The topological polar surface area (TPSA) is 78.4 Å². The molecule has 98 valence electrons. The van der Waals surface area contributed by atoms with Gasteiger partial charge in [0.1, 0.15) is 6.04 Å². The first-order valence-corrected chi connectivity index (χ1v) is 6.10. The third-order valence-electron chi connectivity index (χ3n) is 3.10. The Balaban J connectivity index is 2.61. The number of hydrogen-bond donors (Lipinski definition) is 3. The van der Waals surface area contributed by atoms with Crippen molar-refractivity contribution in [3.8, 4) is 0 Å². The lowest BCUT2D eigenvalue weighted by molar-refractivity contribution is -0.126. The molecular formula is C12H22N2O3. The van der Waals surface area contributed by atoms with Gasteiger partial charge in [0.15, 0.2) is 0 Å². The van der Waals surface area contributed by atoms with Gasteiger partial charge in [-0.3, -0.25) is 4.79 Å². The second kappa shape index (κ2) is 5.38. The van der Waals surface area contributed by atoms with Gasteiger partial charge in [-0.15, -0.1) is 0 Å². The molecule has 0 aliphatic heterocycles. The zero-order chi connectivity index (χ0) is 13.1. The SMILES string of the molecule is CC(C)(C)[C@H](NC(=O)O)C(=O)NC1CCCC1. The summed E-state index contributed by atoms with van der Waals surface area (Å²) in [6.45, 7) is 5.55. The standard InChI is InChI=1S/C12H22N2O3/c1-12(2,3)9(14-11(16)17)10(15)13-8-6-4-5-7-8/h8-9,14H,4-7H2,1-3H3,(H,13,15)(H,16,17)/t9-/m1/s1. The zero-order valence-corrected chi connectivity index (χ0v) is 10.7. The Kier molecular flexibility index (Phi) is 4.37. The van der Waals surface area contributed by atoms with Crippen LogP contribution in [0.5, 0.6) is 0 Å². The predicted octanol–water partition coefficient (Wildman–Crippen LogP) is 1.73. The van der Waals surface area contributed by atoms with Crippen LogP contribution in [-0.4, -0.2) is 29.2 Å². The van der Waals surface area contributed by atoms with Gasteiger partial charge in [-0.2, -0.15) is 0 Å². The minimum atomic E-state index is -1.16. The van der Waals surface area contributed by atoms with Gasteiger partial charge < -0.3 is 15.7 Å². The van der Waals surface area contributed by atoms with E-state index in [1.165, 1.54) is 0 Å². The first kappa shape index (κ1) is 13.8. The third kappa shape index (κ3) is 4.24. The summed E-state index contributed by atoms with van der Waals surface area (Å²) in [5.41, 5.74) is -0.429. The van der Waals surface area contributed by atoms with E-state index in [-0.39, 0.29) is 11.9 Å². The smallest absolute Gasteiger partial charge is 0.405 e. The summed E-state index contributed by atoms with van der Waals surface area (Å²) in [5.74, 6) is -0.216. The molecule has 1 saturated carbocycles. The zero-order valence-electron chi connectivity index (χ0n) is 10.7. The molecule has 5 nitrogen and oxygen atoms in total. The fraction of sp³-hybridized carbons (Fsp3) is 0.833. The number of nitrogens with one attached hydrogen (secondary N) is 2. The van der Waals surface area contributed by atoms with Crippen LogP contribution in [0.15, 0.2) is 0 Å². The molecule has 5 heteroatoms. The molecule has 1 aliphatic rings. The summed E-state index contributed by atoms with van der Waals surface area (Å²) >= 11 is 0. The summed E-state index contributed by atoms with van der Waals surface area (Å²) in [5, 5.41) is 14.0. The van der Waals surface area contributed by atoms with Crippen molar-refractivity contribution in [1.29, 1.82) is 0 Å². The first-order valence-electron chi connectivity index (χ1n) is 6.10. The van der Waals surface area contributed by atoms with E-state index in [4.69, 9.17) is 5.11 Å². The quantitative estimate of drug-likeness (QED) is 0.705. The molecule has 1 atom stereocenters. The minimum absolute atomic E-state index is 0.211. The number of rotatable bonds is 3. The number of hydrogen-bond acceptors (Lipinski definition) is 2. The van der Waals surface area contributed by atoms with Crippen LogP contribution in [0.2, 0.25) is 0 Å². The van der Waals surface area contributed by atoms with Crippen LogP contribution in [0.25, 0.3) is 0 Å². The maximum Gasteiger partial charge on any atom is 0.405 e. The molecule has 1 fully saturated rings. The van der Waals surface area contributed by atoms with Gasteiger partial charge in [0.25, 0.3) is 0 Å². The molecule has 2 amide bonds. The molecule has 0 aromatic heterocycles. The Bertz CT molecular complexity index is 291. The highest BCUT2D eigenvalue weighted by Gasteiger charge is 2.34. The third-order valence-corrected chi connectivity index (χ3v) is 3.10. The summed E-state index contributed by atoms with van der Waals surface area (Å²) in [4.78, 5) is 22.8. The van der Waals surface area contributed by atoms with E-state index < -0.39 is 17.6 Å². The van der Waals surface area contributed by atoms with Gasteiger partial charge in [-0.05, 0) is 18.3 Å². The second-order valence-electron chi connectivity index (χ2n) is 5.74. The van der Waals surface area contributed by atoms with E-state index in [0.29, 0.717) is 0 Å². The molecular weight excluding hydrogens is 220 g/mol. The van der Waals surface area contributed by atoms with Gasteiger partial charge in [0, 0.05) is 6.04 Å². The highest BCUT2D eigenvalue weighted by Crippen LogP contribution is 2.22. The van der Waals surface area contributed by atoms with Crippen molar-refractivity contribution < 1.29 is 14.7 Å². The fourth-order valence-electron chi connectivity index (χ4n) is 2.15. The molecule has 0 bridgehead atoms. The monoisotopic (exact) mass is 242 g/mol. The molecule has 0 heterocycles. The van der Waals surface area contributed by atoms with E-state index in [2.05, 4.69) is 10.6 Å². The van der Waals surface area contributed by atoms with Crippen LogP contribution in [-0.2, 0) is 4.79 Å². The Morgan fingerprint density at radius 3 is 2.18 bits per heavy atom. The molecule has 1 aliphatic carbocycles. The van der Waals surface area contributed by atoms with Gasteiger partial charge in [-0.1, -0.05) is 33.6 Å². The summed E-state index contributed by atoms with van der Waals surface area (Å²) < 4.78 is 0. The largest absolute Gasteiger partial charge is 0.465 e. The summed E-state index contributed by atoms with van der Waals surface area (Å²) in [7, 11) is 0. The van der Waals surface area contributed by atoms with Crippen molar-refractivity contribution in [2.75, 3.05) is 0 Å². The van der Waals surface area contributed by atoms with Crippen molar-refractivity contribution >= 4 is 12.0 Å². The summed E-state index contributed by atoms with van der Waals surface area (Å²) in [6, 6.07) is -0.497. The molecule has 0 spiro atoms. The average molecular weight is 242 g/mol. The van der Waals surface area contributed by atoms with Crippen molar-refractivity contribution in [2.45, 2.75) is 58.5 Å². The molecule has 0 aromatic rings. The summed E-state index contributed by atoms with van der Waals surface area (Å²) in [6.07, 6.45) is 3.10. The Morgan fingerprint density at radius 2 is 1.76 bits per heavy atom. The number of carbonyl (C=O) groups excluding carboxylic acids is 1. The minimum Gasteiger partial charge on any atom is -0.465 e. The van der Waals surface area contributed by atoms with E-state index >= 15 is 0 Å². The maximum atomic E-state index is 12.0. The van der Waals surface area contributed by atoms with E-state index in [9.17, 15) is 9.59 Å². The maximum absolute atomic E-state index is 12.0. The molecule has 0 saturated heterocycles. The molecule has 0 unspecified atom stereocenters. The van der Waals surface area contributed by atoms with E-state index in [0.717, 1.165) is 25.7 Å². The molecule has 17 heavy (non-hydrogen) atoms. The second-order valence-corrected chi connectivity index (χ2v) is 5.74. The molecule has 0 radical (unpaired) electrons. The number of amides is 2. The Morgan fingerprint density at radius 1 is 1.24 bits per heavy atom. The lowest BCUT2D eigenvalue weighted by Crippen LogP contribution is -2.54. The fourth-order valence-corrected chi connectivity index (χ4v) is 2.15. The van der Waals surface area contributed by atoms with Crippen LogP contribution in [0.1, 0.15) is 46.5 Å². The Hall–Kier alpha value is -1.26. The van der Waals surface area contributed by atoms with Gasteiger partial charge in [-0.25, -0.2) is 4.79 Å². The molecule has 0 aromatic carbocycles. The molecule has 1 rings (SSSR count). The first-order chi connectivity index (χ1) is 7.80. The van der Waals surface area contributed by atoms with Crippen LogP contribution < -0.4 is 10.6 Å². The van der Waals surface area contributed by atoms with Gasteiger partial charge in [0.05, 0.1) is 0 Å². The molecule has 3 N–H and O–H groups in total. The van der Waals surface area contributed by atoms with Crippen molar-refractivity contribution in [2.24, 2.45) is 5.41 Å². The van der Waals surface area contributed by atoms with Crippen LogP contribution >= 0.6 is 0 Å². The highest BCUT2D eigenvalue weighted by molar-refractivity contribution is 5.86. The lowest BCUT2D eigenvalue weighted by atomic mass is 9.86. The van der Waals surface area contributed by atoms with Crippen LogP contribution in [0.3, 0.4) is 0 Å². The Labute approximate surface area is 102 Å². The lowest BCUT2D eigenvalue weighted by Gasteiger charge is -2.30. The van der Waals surface area contributed by atoms with E-state index in [1.807, 2.05) is 20.8 Å². The van der Waals surface area contributed by atoms with Crippen molar-refractivity contribution in [3.05, 3.63) is 0 Å². The van der Waals surface area contributed by atoms with Crippen molar-refractivity contribution in [3.63, 3.8) is 0 Å². The number of carboxylic acid groups (broad SMARTS) is 1. The highest BCUT2D eigenvalue weighted by atomic mass is 16.4. The van der Waals surface area contributed by atoms with Gasteiger partial charge >= 0.3 is 6.09 Å². The van der Waals surface area contributed by atoms with Crippen molar-refractivity contribution in [1.82, 2.24) is 10.6 Å². The van der Waals surface area contributed by atoms with Crippen LogP contribution in [0, 0.1) is 5.41 Å². The van der Waals surface area contributed by atoms with Crippen LogP contribution in [0.4, 0.5) is 4.79 Å². The van der Waals surface area contributed by atoms with Gasteiger partial charge in [0.2, 0.25) is 5.91 Å². The number of carbonyl (C=O) groups is 2. The predicted molar refractivity (Wildman–Crippen MR) is 64.8 cm³/mol. The normalized spacial score (nSPS) is 18.8. The average Bonchev–Trinajstić information content (AvgIpc) is 2.64.